The molecule has 0 aromatic heterocycles. The summed E-state index contributed by atoms with van der Waals surface area (Å²) in [5, 5.41) is 0. The van der Waals surface area contributed by atoms with E-state index in [0.717, 1.165) is 25.2 Å². The Hall–Kier alpha value is -1.13. The fourth-order valence-electron chi connectivity index (χ4n) is 2.50. The van der Waals surface area contributed by atoms with E-state index in [1.807, 2.05) is 13.0 Å². The van der Waals surface area contributed by atoms with Gasteiger partial charge in [0.1, 0.15) is 6.61 Å². The summed E-state index contributed by atoms with van der Waals surface area (Å²) >= 11 is 0. The smallest absolute Gasteiger partial charge is 0.165 e. The molecule has 0 spiro atoms. The van der Waals surface area contributed by atoms with Crippen LogP contribution in [0.1, 0.15) is 37.8 Å². The molecule has 1 aliphatic heterocycles. The number of nitrogens with two attached hydrogens (primary N) is 1. The predicted molar refractivity (Wildman–Crippen MR) is 74.8 cm³/mol. The second-order valence-corrected chi connectivity index (χ2v) is 5.20. The number of likely N-dealkylation sites (tertiary alicyclic amines) is 1. The number of para-hydroxylation sites is 1. The molecule has 1 fully saturated rings. The molecule has 19 heavy (non-hydrogen) atoms. The van der Waals surface area contributed by atoms with Crippen molar-refractivity contribution in [2.75, 3.05) is 26.2 Å². The maximum Gasteiger partial charge on any atom is 0.165 e. The zero-order chi connectivity index (χ0) is 13.7. The molecule has 0 saturated carbocycles. The molecule has 1 saturated heterocycles. The summed E-state index contributed by atoms with van der Waals surface area (Å²) in [6.45, 7) is 5.46. The zero-order valence-corrected chi connectivity index (χ0v) is 11.6. The van der Waals surface area contributed by atoms with E-state index in [2.05, 4.69) is 4.90 Å². The van der Waals surface area contributed by atoms with Crippen LogP contribution < -0.4 is 10.5 Å². The second kappa shape index (κ2) is 6.87. The van der Waals surface area contributed by atoms with Crippen LogP contribution in [0, 0.1) is 5.82 Å². The van der Waals surface area contributed by atoms with Crippen molar-refractivity contribution < 1.29 is 9.13 Å². The van der Waals surface area contributed by atoms with Crippen LogP contribution in [0.25, 0.3) is 0 Å². The number of hydrogen-bond acceptors (Lipinski definition) is 3. The molecule has 0 aliphatic carbocycles. The maximum absolute atomic E-state index is 13.8. The lowest BCUT2D eigenvalue weighted by atomic mass is 10.1. The molecule has 0 amide bonds. The van der Waals surface area contributed by atoms with E-state index >= 15 is 0 Å². The molecule has 4 heteroatoms. The first-order valence-corrected chi connectivity index (χ1v) is 7.07. The van der Waals surface area contributed by atoms with E-state index in [0.29, 0.717) is 12.4 Å². The fraction of sp³-hybridized carbons (Fsp3) is 0.600. The van der Waals surface area contributed by atoms with Gasteiger partial charge in [-0.25, -0.2) is 4.39 Å². The van der Waals surface area contributed by atoms with Gasteiger partial charge in [0.2, 0.25) is 0 Å². The van der Waals surface area contributed by atoms with Crippen molar-refractivity contribution in [3.8, 4) is 5.75 Å². The molecule has 3 nitrogen and oxygen atoms in total. The minimum Gasteiger partial charge on any atom is -0.489 e. The first kappa shape index (κ1) is 14.3. The number of rotatable bonds is 5. The molecular weight excluding hydrogens is 243 g/mol. The van der Waals surface area contributed by atoms with Gasteiger partial charge in [-0.3, -0.25) is 4.90 Å². The van der Waals surface area contributed by atoms with Gasteiger partial charge >= 0.3 is 0 Å². The third-order valence-electron chi connectivity index (χ3n) is 3.59. The standard InChI is InChI=1S/C15H23FN2O/c1-12(17)13-6-5-7-14(16)15(13)19-11-10-18-8-3-2-4-9-18/h5-7,12H,2-4,8-11,17H2,1H3/t12-/m1/s1. The van der Waals surface area contributed by atoms with Gasteiger partial charge in [0.25, 0.3) is 0 Å². The van der Waals surface area contributed by atoms with Crippen LogP contribution in [-0.4, -0.2) is 31.1 Å². The van der Waals surface area contributed by atoms with E-state index in [9.17, 15) is 4.39 Å². The van der Waals surface area contributed by atoms with Crippen LogP contribution in [0.4, 0.5) is 4.39 Å². The molecule has 0 radical (unpaired) electrons. The number of ether oxygens (including phenoxy) is 1. The van der Waals surface area contributed by atoms with Gasteiger partial charge < -0.3 is 10.5 Å². The van der Waals surface area contributed by atoms with Crippen LogP contribution in [0.2, 0.25) is 0 Å². The molecule has 106 valence electrons. The van der Waals surface area contributed by atoms with Crippen LogP contribution in [0.15, 0.2) is 18.2 Å². The Kier molecular flexibility index (Phi) is 5.16. The van der Waals surface area contributed by atoms with E-state index in [1.54, 1.807) is 6.07 Å². The normalized spacial score (nSPS) is 18.3. The van der Waals surface area contributed by atoms with Gasteiger partial charge in [-0.15, -0.1) is 0 Å². The first-order valence-electron chi connectivity index (χ1n) is 7.07. The molecule has 0 bridgehead atoms. The van der Waals surface area contributed by atoms with Gasteiger partial charge in [-0.1, -0.05) is 18.6 Å². The highest BCUT2D eigenvalue weighted by molar-refractivity contribution is 5.36. The van der Waals surface area contributed by atoms with Gasteiger partial charge in [0.05, 0.1) is 0 Å². The maximum atomic E-state index is 13.8. The van der Waals surface area contributed by atoms with Crippen molar-refractivity contribution in [2.45, 2.75) is 32.2 Å². The quantitative estimate of drug-likeness (QED) is 0.890. The van der Waals surface area contributed by atoms with E-state index in [1.165, 1.54) is 25.3 Å². The van der Waals surface area contributed by atoms with Gasteiger partial charge in [-0.2, -0.15) is 0 Å². The first-order chi connectivity index (χ1) is 9.18. The van der Waals surface area contributed by atoms with Gasteiger partial charge in [0.15, 0.2) is 11.6 Å². The average Bonchev–Trinajstić information content (AvgIpc) is 2.41. The Morgan fingerprint density at radius 2 is 2.05 bits per heavy atom. The minimum absolute atomic E-state index is 0.222. The van der Waals surface area contributed by atoms with Gasteiger partial charge in [-0.05, 0) is 38.9 Å². The molecule has 0 unspecified atom stereocenters. The lowest BCUT2D eigenvalue weighted by molar-refractivity contribution is 0.179. The summed E-state index contributed by atoms with van der Waals surface area (Å²) in [6, 6.07) is 4.69. The third kappa shape index (κ3) is 3.91. The number of nitrogens with zero attached hydrogens (tertiary/aromatic N) is 1. The highest BCUT2D eigenvalue weighted by Gasteiger charge is 2.14. The summed E-state index contributed by atoms with van der Waals surface area (Å²) in [7, 11) is 0. The van der Waals surface area contributed by atoms with Crippen molar-refractivity contribution in [1.82, 2.24) is 4.90 Å². The minimum atomic E-state index is -0.326. The second-order valence-electron chi connectivity index (χ2n) is 5.20. The number of halogens is 1. The topological polar surface area (TPSA) is 38.5 Å². The van der Waals surface area contributed by atoms with Crippen molar-refractivity contribution in [3.63, 3.8) is 0 Å². The van der Waals surface area contributed by atoms with E-state index in [4.69, 9.17) is 10.5 Å². The summed E-state index contributed by atoms with van der Waals surface area (Å²) in [6.07, 6.45) is 3.83. The predicted octanol–water partition coefficient (Wildman–Crippen LogP) is 2.71. The largest absolute Gasteiger partial charge is 0.489 e. The van der Waals surface area contributed by atoms with Crippen molar-refractivity contribution in [1.29, 1.82) is 0 Å². The van der Waals surface area contributed by atoms with E-state index in [-0.39, 0.29) is 11.9 Å². The SMILES string of the molecule is C[C@@H](N)c1cccc(F)c1OCCN1CCCCC1. The van der Waals surface area contributed by atoms with Crippen molar-refractivity contribution in [2.24, 2.45) is 5.73 Å². The summed E-state index contributed by atoms with van der Waals surface area (Å²) < 4.78 is 19.4. The van der Waals surface area contributed by atoms with Crippen molar-refractivity contribution in [3.05, 3.63) is 29.6 Å². The molecular formula is C15H23FN2O. The van der Waals surface area contributed by atoms with Crippen LogP contribution in [0.3, 0.4) is 0 Å². The Morgan fingerprint density at radius 3 is 2.74 bits per heavy atom. The molecule has 2 N–H and O–H groups in total. The number of piperidine rings is 1. The monoisotopic (exact) mass is 266 g/mol. The zero-order valence-electron chi connectivity index (χ0n) is 11.6. The lowest BCUT2D eigenvalue weighted by Gasteiger charge is -2.26. The third-order valence-corrected chi connectivity index (χ3v) is 3.59. The summed E-state index contributed by atoms with van der Waals surface area (Å²) in [5.41, 5.74) is 6.58. The summed E-state index contributed by atoms with van der Waals surface area (Å²) in [4.78, 5) is 2.37. The molecule has 1 heterocycles. The Labute approximate surface area is 114 Å². The molecule has 1 aliphatic rings. The molecule has 1 atom stereocenters. The van der Waals surface area contributed by atoms with Crippen LogP contribution in [0.5, 0.6) is 5.75 Å². The lowest BCUT2D eigenvalue weighted by Crippen LogP contribution is -2.33. The highest BCUT2D eigenvalue weighted by atomic mass is 19.1. The Bertz CT molecular complexity index is 403. The number of hydrogen-bond donors (Lipinski definition) is 1. The van der Waals surface area contributed by atoms with Crippen molar-refractivity contribution >= 4 is 0 Å². The Morgan fingerprint density at radius 1 is 1.32 bits per heavy atom. The van der Waals surface area contributed by atoms with Crippen LogP contribution in [-0.2, 0) is 0 Å². The fourth-order valence-corrected chi connectivity index (χ4v) is 2.50. The van der Waals surface area contributed by atoms with E-state index < -0.39 is 0 Å². The Balaban J connectivity index is 1.91. The molecule has 1 aromatic carbocycles. The molecule has 2 rings (SSSR count). The summed E-state index contributed by atoms with van der Waals surface area (Å²) in [5.74, 6) is -0.0112. The highest BCUT2D eigenvalue weighted by Crippen LogP contribution is 2.26. The molecule has 1 aromatic rings. The average molecular weight is 266 g/mol. The van der Waals surface area contributed by atoms with Crippen LogP contribution >= 0.6 is 0 Å². The van der Waals surface area contributed by atoms with Gasteiger partial charge in [0, 0.05) is 18.2 Å². The number of benzene rings is 1.